The minimum absolute atomic E-state index is 0.0547. The van der Waals surface area contributed by atoms with E-state index >= 15 is 0 Å². The Morgan fingerprint density at radius 3 is 2.29 bits per heavy atom. The van der Waals surface area contributed by atoms with Gasteiger partial charge in [0.25, 0.3) is 5.91 Å². The van der Waals surface area contributed by atoms with Crippen molar-refractivity contribution in [2.24, 2.45) is 0 Å². The first kappa shape index (κ1) is 24.8. The van der Waals surface area contributed by atoms with Gasteiger partial charge in [-0.25, -0.2) is 0 Å². The van der Waals surface area contributed by atoms with Crippen LogP contribution in [-0.4, -0.2) is 23.5 Å². The average molecular weight is 506 g/mol. The number of nitrogens with one attached hydrogen (secondary N) is 3. The molecule has 0 aliphatic rings. The van der Waals surface area contributed by atoms with Gasteiger partial charge in [-0.2, -0.15) is 0 Å². The molecule has 2 aromatic carbocycles. The number of halogens is 1. The summed E-state index contributed by atoms with van der Waals surface area (Å²) in [6, 6.07) is 12.4. The van der Waals surface area contributed by atoms with Crippen molar-refractivity contribution in [2.45, 2.75) is 46.0 Å². The average Bonchev–Trinajstić information content (AvgIpc) is 2.75. The normalized spacial score (nSPS) is 10.3. The van der Waals surface area contributed by atoms with Crippen LogP contribution >= 0.6 is 28.1 Å². The van der Waals surface area contributed by atoms with Crippen LogP contribution in [0, 0.1) is 0 Å². The maximum Gasteiger partial charge on any atom is 0.261 e. The molecular weight excluding hydrogens is 478 g/mol. The highest BCUT2D eigenvalue weighted by atomic mass is 79.9. The highest BCUT2D eigenvalue weighted by Gasteiger charge is 2.15. The molecule has 0 saturated heterocycles. The van der Waals surface area contributed by atoms with Gasteiger partial charge in [-0.05, 0) is 61.1 Å². The van der Waals surface area contributed by atoms with E-state index in [4.69, 9.17) is 17.0 Å². The third-order valence-corrected chi connectivity index (χ3v) is 5.11. The summed E-state index contributed by atoms with van der Waals surface area (Å²) in [7, 11) is 0. The number of ether oxygens (including phenoxy) is 1. The van der Waals surface area contributed by atoms with Crippen molar-refractivity contribution in [2.75, 3.05) is 17.2 Å². The summed E-state index contributed by atoms with van der Waals surface area (Å²) in [5.41, 5.74) is 1.80. The van der Waals surface area contributed by atoms with E-state index < -0.39 is 0 Å². The van der Waals surface area contributed by atoms with Crippen LogP contribution in [0.25, 0.3) is 0 Å². The number of thiocarbonyl (C=S) groups is 1. The fourth-order valence-corrected chi connectivity index (χ4v) is 3.31. The smallest absolute Gasteiger partial charge is 0.261 e. The molecule has 0 saturated carbocycles. The van der Waals surface area contributed by atoms with Crippen molar-refractivity contribution in [3.63, 3.8) is 0 Å². The summed E-state index contributed by atoms with van der Waals surface area (Å²) in [6.07, 6.45) is 4.79. The minimum atomic E-state index is -0.353. The minimum Gasteiger partial charge on any atom is -0.493 e. The maximum absolute atomic E-state index is 12.8. The molecule has 166 valence electrons. The lowest BCUT2D eigenvalue weighted by atomic mass is 10.2. The summed E-state index contributed by atoms with van der Waals surface area (Å²) in [4.78, 5) is 24.2. The van der Waals surface area contributed by atoms with E-state index in [-0.39, 0.29) is 16.9 Å². The number of carbonyl (C=O) groups is 2. The SMILES string of the molecule is CCCCCCOc1ccc(Br)cc1C(=O)NC(=S)Nc1ccc(NC(=O)CC)cc1. The van der Waals surface area contributed by atoms with E-state index in [1.807, 2.05) is 6.07 Å². The third kappa shape index (κ3) is 8.67. The Kier molecular flexibility index (Phi) is 10.5. The molecule has 6 nitrogen and oxygen atoms in total. The van der Waals surface area contributed by atoms with Crippen LogP contribution in [0.4, 0.5) is 11.4 Å². The second kappa shape index (κ2) is 13.1. The summed E-state index contributed by atoms with van der Waals surface area (Å²) < 4.78 is 6.61. The monoisotopic (exact) mass is 505 g/mol. The molecule has 0 radical (unpaired) electrons. The van der Waals surface area contributed by atoms with Gasteiger partial charge in [0.2, 0.25) is 5.91 Å². The van der Waals surface area contributed by atoms with Crippen molar-refractivity contribution in [1.29, 1.82) is 0 Å². The van der Waals surface area contributed by atoms with E-state index in [0.717, 1.165) is 23.7 Å². The van der Waals surface area contributed by atoms with Gasteiger partial charge in [0.15, 0.2) is 5.11 Å². The molecule has 0 bridgehead atoms. The van der Waals surface area contributed by atoms with E-state index in [9.17, 15) is 9.59 Å². The van der Waals surface area contributed by atoms with Crippen LogP contribution in [0.1, 0.15) is 56.3 Å². The van der Waals surface area contributed by atoms with Gasteiger partial charge < -0.3 is 15.4 Å². The molecule has 8 heteroatoms. The predicted molar refractivity (Wildman–Crippen MR) is 133 cm³/mol. The lowest BCUT2D eigenvalue weighted by molar-refractivity contribution is -0.115. The molecule has 0 aliphatic heterocycles. The number of amides is 2. The molecule has 2 aromatic rings. The fourth-order valence-electron chi connectivity index (χ4n) is 2.74. The number of hydrogen-bond donors (Lipinski definition) is 3. The Bertz CT molecular complexity index is 903. The molecule has 0 fully saturated rings. The topological polar surface area (TPSA) is 79.5 Å². The van der Waals surface area contributed by atoms with Crippen LogP contribution in [0.15, 0.2) is 46.9 Å². The number of carbonyl (C=O) groups excluding carboxylic acids is 2. The third-order valence-electron chi connectivity index (χ3n) is 4.42. The number of unbranched alkanes of at least 4 members (excludes halogenated alkanes) is 3. The maximum atomic E-state index is 12.8. The number of rotatable bonds is 10. The van der Waals surface area contributed by atoms with Crippen molar-refractivity contribution in [1.82, 2.24) is 5.32 Å². The van der Waals surface area contributed by atoms with Crippen molar-refractivity contribution in [3.8, 4) is 5.75 Å². The molecule has 0 unspecified atom stereocenters. The summed E-state index contributed by atoms with van der Waals surface area (Å²) in [5.74, 6) is 0.117. The van der Waals surface area contributed by atoms with Crippen LogP contribution < -0.4 is 20.7 Å². The molecule has 3 N–H and O–H groups in total. The quantitative estimate of drug-likeness (QED) is 0.277. The number of benzene rings is 2. The summed E-state index contributed by atoms with van der Waals surface area (Å²) >= 11 is 8.68. The van der Waals surface area contributed by atoms with Gasteiger partial charge in [-0.1, -0.05) is 49.0 Å². The van der Waals surface area contributed by atoms with Gasteiger partial charge in [-0.3, -0.25) is 14.9 Å². The van der Waals surface area contributed by atoms with Gasteiger partial charge in [0.1, 0.15) is 5.75 Å². The van der Waals surface area contributed by atoms with Gasteiger partial charge >= 0.3 is 0 Å². The van der Waals surface area contributed by atoms with E-state index in [1.54, 1.807) is 43.3 Å². The van der Waals surface area contributed by atoms with Crippen LogP contribution in [0.5, 0.6) is 5.75 Å². The van der Waals surface area contributed by atoms with Crippen LogP contribution in [0.2, 0.25) is 0 Å². The number of anilines is 2. The van der Waals surface area contributed by atoms with Crippen LogP contribution in [-0.2, 0) is 4.79 Å². The first-order valence-corrected chi connectivity index (χ1v) is 11.6. The fraction of sp³-hybridized carbons (Fsp3) is 0.348. The first-order valence-electron chi connectivity index (χ1n) is 10.4. The van der Waals surface area contributed by atoms with E-state index in [1.165, 1.54) is 6.42 Å². The van der Waals surface area contributed by atoms with E-state index in [2.05, 4.69) is 38.8 Å². The highest BCUT2D eigenvalue weighted by Crippen LogP contribution is 2.24. The Morgan fingerprint density at radius 2 is 1.65 bits per heavy atom. The number of hydrogen-bond acceptors (Lipinski definition) is 4. The molecule has 0 aliphatic carbocycles. The Morgan fingerprint density at radius 1 is 0.968 bits per heavy atom. The Balaban J connectivity index is 1.95. The molecule has 0 heterocycles. The molecular formula is C23H28BrN3O3S. The van der Waals surface area contributed by atoms with Crippen molar-refractivity contribution < 1.29 is 14.3 Å². The van der Waals surface area contributed by atoms with Gasteiger partial charge in [0, 0.05) is 22.3 Å². The van der Waals surface area contributed by atoms with Crippen molar-refractivity contribution >= 4 is 56.4 Å². The zero-order chi connectivity index (χ0) is 22.6. The zero-order valence-corrected chi connectivity index (χ0v) is 20.2. The summed E-state index contributed by atoms with van der Waals surface area (Å²) in [5, 5.41) is 8.61. The molecule has 31 heavy (non-hydrogen) atoms. The zero-order valence-electron chi connectivity index (χ0n) is 17.8. The molecule has 0 spiro atoms. The van der Waals surface area contributed by atoms with Crippen LogP contribution in [0.3, 0.4) is 0 Å². The lowest BCUT2D eigenvalue weighted by Crippen LogP contribution is -2.34. The standard InChI is InChI=1S/C23H28BrN3O3S/c1-3-5-6-7-14-30-20-13-8-16(24)15-19(20)22(29)27-23(31)26-18-11-9-17(10-12-18)25-21(28)4-2/h8-13,15H,3-7,14H2,1-2H3,(H,25,28)(H2,26,27,29,31). The molecule has 0 atom stereocenters. The van der Waals surface area contributed by atoms with Crippen molar-refractivity contribution in [3.05, 3.63) is 52.5 Å². The molecule has 0 aromatic heterocycles. The Hall–Kier alpha value is -2.45. The lowest BCUT2D eigenvalue weighted by Gasteiger charge is -2.14. The largest absolute Gasteiger partial charge is 0.493 e. The predicted octanol–water partition coefficient (Wildman–Crippen LogP) is 5.88. The Labute approximate surface area is 197 Å². The molecule has 2 amide bonds. The van der Waals surface area contributed by atoms with Gasteiger partial charge in [0.05, 0.1) is 12.2 Å². The van der Waals surface area contributed by atoms with E-state index in [0.29, 0.717) is 35.7 Å². The second-order valence-corrected chi connectivity index (χ2v) is 8.26. The molecule has 2 rings (SSSR count). The van der Waals surface area contributed by atoms with Gasteiger partial charge in [-0.15, -0.1) is 0 Å². The highest BCUT2D eigenvalue weighted by molar-refractivity contribution is 9.10. The second-order valence-electron chi connectivity index (χ2n) is 6.94. The first-order chi connectivity index (χ1) is 14.9. The summed E-state index contributed by atoms with van der Waals surface area (Å²) in [6.45, 7) is 4.51.